The molecule has 1 aliphatic heterocycles. The van der Waals surface area contributed by atoms with Crippen LogP contribution in [0.1, 0.15) is 62.7 Å². The van der Waals surface area contributed by atoms with Gasteiger partial charge in [0.2, 0.25) is 15.9 Å². The number of hydrogen-bond acceptors (Lipinski definition) is 4. The lowest BCUT2D eigenvalue weighted by Crippen LogP contribution is -2.35. The maximum absolute atomic E-state index is 12.6. The number of sulfonamides is 1. The molecule has 1 N–H and O–H groups in total. The first kappa shape index (κ1) is 18.9. The number of nitrogens with zero attached hydrogens (tertiary/aromatic N) is 1. The maximum Gasteiger partial charge on any atom is 0.251 e. The minimum absolute atomic E-state index is 0.157. The Kier molecular flexibility index (Phi) is 5.10. The van der Waals surface area contributed by atoms with Crippen molar-refractivity contribution in [1.29, 1.82) is 0 Å². The maximum atomic E-state index is 12.6. The first-order valence-electron chi connectivity index (χ1n) is 9.19. The molecular formula is C19H26N2O4S. The van der Waals surface area contributed by atoms with Gasteiger partial charge in [-0.3, -0.25) is 9.59 Å². The SMILES string of the molecule is CC1(C)CS(=O)(=O)N(c2cccc(C(=O)NC3CCCCCC3)c2)C1=O. The van der Waals surface area contributed by atoms with Crippen molar-refractivity contribution >= 4 is 27.5 Å². The van der Waals surface area contributed by atoms with Crippen LogP contribution in [0.2, 0.25) is 0 Å². The molecule has 2 aliphatic rings. The Labute approximate surface area is 155 Å². The highest BCUT2D eigenvalue weighted by atomic mass is 32.2. The monoisotopic (exact) mass is 378 g/mol. The third-order valence-corrected chi connectivity index (χ3v) is 7.14. The lowest BCUT2D eigenvalue weighted by Gasteiger charge is -2.19. The van der Waals surface area contributed by atoms with Crippen LogP contribution in [0, 0.1) is 5.41 Å². The first-order chi connectivity index (χ1) is 12.2. The van der Waals surface area contributed by atoms with Gasteiger partial charge in [0, 0.05) is 11.6 Å². The topological polar surface area (TPSA) is 83.6 Å². The smallest absolute Gasteiger partial charge is 0.251 e. The Morgan fingerprint density at radius 3 is 2.38 bits per heavy atom. The van der Waals surface area contributed by atoms with E-state index in [1.807, 2.05) is 0 Å². The van der Waals surface area contributed by atoms with Crippen molar-refractivity contribution in [3.63, 3.8) is 0 Å². The van der Waals surface area contributed by atoms with Gasteiger partial charge in [0.05, 0.1) is 16.9 Å². The molecule has 3 rings (SSSR count). The predicted octanol–water partition coefficient (Wildman–Crippen LogP) is 2.84. The van der Waals surface area contributed by atoms with Gasteiger partial charge in [0.1, 0.15) is 0 Å². The summed E-state index contributed by atoms with van der Waals surface area (Å²) in [6.45, 7) is 3.24. The highest BCUT2D eigenvalue weighted by Crippen LogP contribution is 2.35. The van der Waals surface area contributed by atoms with Gasteiger partial charge in [0.15, 0.2) is 0 Å². The fourth-order valence-electron chi connectivity index (χ4n) is 3.73. The normalized spacial score (nSPS) is 22.8. The first-order valence-corrected chi connectivity index (χ1v) is 10.8. The van der Waals surface area contributed by atoms with Crippen molar-refractivity contribution in [3.05, 3.63) is 29.8 Å². The fourth-order valence-corrected chi connectivity index (χ4v) is 5.83. The highest BCUT2D eigenvalue weighted by Gasteiger charge is 2.49. The van der Waals surface area contributed by atoms with E-state index in [9.17, 15) is 18.0 Å². The molecule has 6 nitrogen and oxygen atoms in total. The van der Waals surface area contributed by atoms with Crippen molar-refractivity contribution < 1.29 is 18.0 Å². The largest absolute Gasteiger partial charge is 0.349 e. The Morgan fingerprint density at radius 1 is 1.15 bits per heavy atom. The van der Waals surface area contributed by atoms with Crippen LogP contribution in [0.15, 0.2) is 24.3 Å². The van der Waals surface area contributed by atoms with Crippen molar-refractivity contribution in [3.8, 4) is 0 Å². The summed E-state index contributed by atoms with van der Waals surface area (Å²) in [5, 5.41) is 3.05. The minimum Gasteiger partial charge on any atom is -0.349 e. The molecule has 0 spiro atoms. The molecule has 0 aromatic heterocycles. The van der Waals surface area contributed by atoms with E-state index in [4.69, 9.17) is 0 Å². The van der Waals surface area contributed by atoms with Crippen LogP contribution in [0.5, 0.6) is 0 Å². The third-order valence-electron chi connectivity index (χ3n) is 5.12. The van der Waals surface area contributed by atoms with Crippen LogP contribution in [0.4, 0.5) is 5.69 Å². The summed E-state index contributed by atoms with van der Waals surface area (Å²) in [7, 11) is -3.72. The zero-order valence-electron chi connectivity index (χ0n) is 15.3. The van der Waals surface area contributed by atoms with Crippen LogP contribution in [0.3, 0.4) is 0 Å². The number of rotatable bonds is 3. The highest BCUT2D eigenvalue weighted by molar-refractivity contribution is 7.94. The van der Waals surface area contributed by atoms with E-state index in [0.717, 1.165) is 30.0 Å². The standard InChI is InChI=1S/C19H26N2O4S/c1-19(2)13-26(24,25)21(18(19)23)16-11-7-8-14(12-16)17(22)20-15-9-5-3-4-6-10-15/h7-8,11-12,15H,3-6,9-10,13H2,1-2H3,(H,20,22). The molecule has 0 unspecified atom stereocenters. The predicted molar refractivity (Wildman–Crippen MR) is 100 cm³/mol. The molecule has 26 heavy (non-hydrogen) atoms. The Bertz CT molecular complexity index is 809. The summed E-state index contributed by atoms with van der Waals surface area (Å²) in [5.74, 6) is -0.905. The van der Waals surface area contributed by atoms with Gasteiger partial charge >= 0.3 is 0 Å². The average molecular weight is 378 g/mol. The van der Waals surface area contributed by atoms with Gasteiger partial charge in [-0.2, -0.15) is 0 Å². The van der Waals surface area contributed by atoms with Gasteiger partial charge < -0.3 is 5.32 Å². The molecule has 1 aliphatic carbocycles. The number of hydrogen-bond donors (Lipinski definition) is 1. The molecule has 0 radical (unpaired) electrons. The zero-order chi connectivity index (χ0) is 18.9. The zero-order valence-corrected chi connectivity index (χ0v) is 16.1. The van der Waals surface area contributed by atoms with Gasteiger partial charge in [-0.05, 0) is 44.9 Å². The Morgan fingerprint density at radius 2 is 1.81 bits per heavy atom. The molecule has 0 bridgehead atoms. The number of anilines is 1. The molecule has 1 saturated carbocycles. The lowest BCUT2D eigenvalue weighted by atomic mass is 9.95. The van der Waals surface area contributed by atoms with Crippen molar-refractivity contribution in [2.75, 3.05) is 10.1 Å². The van der Waals surface area contributed by atoms with E-state index in [2.05, 4.69) is 5.32 Å². The van der Waals surface area contributed by atoms with Crippen LogP contribution in [-0.2, 0) is 14.8 Å². The Hall–Kier alpha value is -1.89. The second kappa shape index (κ2) is 7.02. The van der Waals surface area contributed by atoms with E-state index in [1.165, 1.54) is 18.9 Å². The van der Waals surface area contributed by atoms with E-state index >= 15 is 0 Å². The summed E-state index contributed by atoms with van der Waals surface area (Å²) in [6, 6.07) is 6.46. The molecule has 1 aromatic rings. The molecule has 1 aromatic carbocycles. The van der Waals surface area contributed by atoms with Crippen molar-refractivity contribution in [1.82, 2.24) is 5.32 Å². The number of benzene rings is 1. The summed E-state index contributed by atoms with van der Waals surface area (Å²) in [4.78, 5) is 25.1. The van der Waals surface area contributed by atoms with E-state index < -0.39 is 21.3 Å². The number of carbonyl (C=O) groups is 2. The molecule has 2 amide bonds. The summed E-state index contributed by atoms with van der Waals surface area (Å²) in [6.07, 6.45) is 6.57. The van der Waals surface area contributed by atoms with Crippen LogP contribution < -0.4 is 9.62 Å². The number of nitrogens with one attached hydrogen (secondary N) is 1. The summed E-state index contributed by atoms with van der Waals surface area (Å²) in [5.41, 5.74) is -0.356. The molecule has 2 fully saturated rings. The summed E-state index contributed by atoms with van der Waals surface area (Å²) < 4.78 is 25.7. The van der Waals surface area contributed by atoms with Gasteiger partial charge in [0.25, 0.3) is 5.91 Å². The minimum atomic E-state index is -3.72. The van der Waals surface area contributed by atoms with Gasteiger partial charge in [-0.1, -0.05) is 31.7 Å². The number of carbonyl (C=O) groups excluding carboxylic acids is 2. The molecule has 7 heteroatoms. The van der Waals surface area contributed by atoms with Gasteiger partial charge in [-0.15, -0.1) is 0 Å². The van der Waals surface area contributed by atoms with Crippen molar-refractivity contribution in [2.24, 2.45) is 5.41 Å². The van der Waals surface area contributed by atoms with Crippen LogP contribution in [0.25, 0.3) is 0 Å². The second-order valence-electron chi connectivity index (χ2n) is 7.92. The second-order valence-corrected chi connectivity index (χ2v) is 9.74. The average Bonchev–Trinajstić information content (AvgIpc) is 2.75. The molecule has 1 heterocycles. The van der Waals surface area contributed by atoms with E-state index in [-0.39, 0.29) is 23.4 Å². The van der Waals surface area contributed by atoms with E-state index in [0.29, 0.717) is 5.56 Å². The molecule has 1 saturated heterocycles. The van der Waals surface area contributed by atoms with Gasteiger partial charge in [-0.25, -0.2) is 12.7 Å². The fraction of sp³-hybridized carbons (Fsp3) is 0.579. The van der Waals surface area contributed by atoms with Crippen molar-refractivity contribution in [2.45, 2.75) is 58.4 Å². The van der Waals surface area contributed by atoms with Crippen LogP contribution >= 0.6 is 0 Å². The quantitative estimate of drug-likeness (QED) is 0.820. The van der Waals surface area contributed by atoms with E-state index in [1.54, 1.807) is 32.0 Å². The molecule has 0 atom stereocenters. The number of amides is 2. The summed E-state index contributed by atoms with van der Waals surface area (Å²) >= 11 is 0. The third kappa shape index (κ3) is 3.77. The lowest BCUT2D eigenvalue weighted by molar-refractivity contribution is -0.123. The molecule has 142 valence electrons. The Balaban J connectivity index is 1.82. The van der Waals surface area contributed by atoms with Crippen LogP contribution in [-0.4, -0.2) is 32.0 Å². The molecular weight excluding hydrogens is 352 g/mol.